The number of amides is 1. The van der Waals surface area contributed by atoms with E-state index in [1.807, 2.05) is 25.1 Å². The smallest absolute Gasteiger partial charge is 0.227 e. The van der Waals surface area contributed by atoms with Crippen molar-refractivity contribution in [3.05, 3.63) is 35.4 Å². The van der Waals surface area contributed by atoms with Crippen molar-refractivity contribution in [2.75, 3.05) is 6.54 Å². The molecule has 1 aliphatic rings. The second kappa shape index (κ2) is 4.49. The van der Waals surface area contributed by atoms with Crippen LogP contribution >= 0.6 is 0 Å². The number of hydrogen-bond donors (Lipinski definition) is 2. The zero-order chi connectivity index (χ0) is 12.5. The molecule has 0 bridgehead atoms. The summed E-state index contributed by atoms with van der Waals surface area (Å²) < 4.78 is 0. The molecule has 0 aliphatic heterocycles. The summed E-state index contributed by atoms with van der Waals surface area (Å²) >= 11 is 0. The normalized spacial score (nSPS) is 21.0. The molecule has 2 atom stereocenters. The van der Waals surface area contributed by atoms with Crippen molar-refractivity contribution in [3.8, 4) is 0 Å². The summed E-state index contributed by atoms with van der Waals surface area (Å²) in [5.41, 5.74) is 1.58. The average molecular weight is 233 g/mol. The second-order valence-electron chi connectivity index (χ2n) is 5.02. The first-order valence-corrected chi connectivity index (χ1v) is 6.11. The molecule has 1 amide bonds. The minimum absolute atomic E-state index is 0.0254. The summed E-state index contributed by atoms with van der Waals surface area (Å²) in [5.74, 6) is -0.00344. The van der Waals surface area contributed by atoms with Gasteiger partial charge in [0.15, 0.2) is 0 Å². The highest BCUT2D eigenvalue weighted by atomic mass is 16.3. The minimum atomic E-state index is -0.807. The highest BCUT2D eigenvalue weighted by molar-refractivity contribution is 5.86. The van der Waals surface area contributed by atoms with Crippen molar-refractivity contribution in [1.82, 2.24) is 5.32 Å². The van der Waals surface area contributed by atoms with Gasteiger partial charge in [0, 0.05) is 6.54 Å². The molecule has 0 saturated carbocycles. The predicted octanol–water partition coefficient (Wildman–Crippen LogP) is 1.60. The first-order chi connectivity index (χ1) is 8.03. The van der Waals surface area contributed by atoms with Crippen molar-refractivity contribution in [3.63, 3.8) is 0 Å². The molecular weight excluding hydrogens is 214 g/mol. The summed E-state index contributed by atoms with van der Waals surface area (Å²) in [4.78, 5) is 11.9. The van der Waals surface area contributed by atoms with E-state index in [0.717, 1.165) is 12.0 Å². The van der Waals surface area contributed by atoms with E-state index < -0.39 is 5.60 Å². The van der Waals surface area contributed by atoms with Crippen molar-refractivity contribution < 1.29 is 9.90 Å². The topological polar surface area (TPSA) is 49.3 Å². The molecule has 0 spiro atoms. The number of carbonyl (C=O) groups excluding carboxylic acids is 1. The third-order valence-corrected chi connectivity index (χ3v) is 3.58. The maximum absolute atomic E-state index is 11.9. The Morgan fingerprint density at radius 1 is 1.53 bits per heavy atom. The van der Waals surface area contributed by atoms with E-state index in [0.29, 0.717) is 13.0 Å². The molecule has 1 aliphatic carbocycles. The second-order valence-corrected chi connectivity index (χ2v) is 5.02. The van der Waals surface area contributed by atoms with Crippen molar-refractivity contribution in [2.45, 2.75) is 38.2 Å². The Bertz CT molecular complexity index is 426. The lowest BCUT2D eigenvalue weighted by Gasteiger charge is -2.30. The molecule has 17 heavy (non-hydrogen) atoms. The summed E-state index contributed by atoms with van der Waals surface area (Å²) in [6, 6.07) is 8.01. The molecule has 2 N–H and O–H groups in total. The number of hydrogen-bond acceptors (Lipinski definition) is 2. The number of fused-ring (bicyclic) bond motifs is 1. The van der Waals surface area contributed by atoms with E-state index in [1.54, 1.807) is 6.92 Å². The Hall–Kier alpha value is -1.35. The number of benzene rings is 1. The molecule has 0 radical (unpaired) electrons. The largest absolute Gasteiger partial charge is 0.388 e. The minimum Gasteiger partial charge on any atom is -0.388 e. The van der Waals surface area contributed by atoms with E-state index in [4.69, 9.17) is 0 Å². The third kappa shape index (κ3) is 2.50. The van der Waals surface area contributed by atoms with Crippen LogP contribution in [0, 0.1) is 0 Å². The van der Waals surface area contributed by atoms with Gasteiger partial charge >= 0.3 is 0 Å². The fourth-order valence-electron chi connectivity index (χ4n) is 2.02. The molecule has 0 aromatic heterocycles. The van der Waals surface area contributed by atoms with Gasteiger partial charge in [-0.1, -0.05) is 31.2 Å². The SMILES string of the molecule is CCC(C)(O)CNC(=O)C1Cc2ccccc21. The van der Waals surface area contributed by atoms with E-state index in [2.05, 4.69) is 11.4 Å². The Morgan fingerprint density at radius 3 is 2.88 bits per heavy atom. The van der Waals surface area contributed by atoms with Crippen molar-refractivity contribution >= 4 is 5.91 Å². The maximum atomic E-state index is 11.9. The van der Waals surface area contributed by atoms with Crippen LogP contribution in [0.3, 0.4) is 0 Å². The van der Waals surface area contributed by atoms with E-state index in [9.17, 15) is 9.90 Å². The van der Waals surface area contributed by atoms with Crippen LogP contribution in [0.15, 0.2) is 24.3 Å². The lowest BCUT2D eigenvalue weighted by Crippen LogP contribution is -2.43. The van der Waals surface area contributed by atoms with Crippen LogP contribution in [0.4, 0.5) is 0 Å². The fraction of sp³-hybridized carbons (Fsp3) is 0.500. The molecule has 3 heteroatoms. The Balaban J connectivity index is 1.92. The van der Waals surface area contributed by atoms with Gasteiger partial charge in [-0.2, -0.15) is 0 Å². The third-order valence-electron chi connectivity index (χ3n) is 3.58. The van der Waals surface area contributed by atoms with Crippen LogP contribution in [-0.4, -0.2) is 23.2 Å². The van der Waals surface area contributed by atoms with Crippen LogP contribution in [0.25, 0.3) is 0 Å². The number of carbonyl (C=O) groups is 1. The Labute approximate surface area is 102 Å². The van der Waals surface area contributed by atoms with Gasteiger partial charge in [-0.05, 0) is 30.9 Å². The molecule has 3 nitrogen and oxygen atoms in total. The zero-order valence-corrected chi connectivity index (χ0v) is 10.4. The van der Waals surface area contributed by atoms with Crippen LogP contribution in [0.5, 0.6) is 0 Å². The van der Waals surface area contributed by atoms with Gasteiger partial charge in [-0.25, -0.2) is 0 Å². The molecule has 0 saturated heterocycles. The first-order valence-electron chi connectivity index (χ1n) is 6.11. The standard InChI is InChI=1S/C14H19NO2/c1-3-14(2,17)9-15-13(16)12-8-10-6-4-5-7-11(10)12/h4-7,12,17H,3,8-9H2,1-2H3,(H,15,16). The van der Waals surface area contributed by atoms with Gasteiger partial charge in [0.2, 0.25) is 5.91 Å². The lowest BCUT2D eigenvalue weighted by molar-refractivity contribution is -0.124. The molecule has 1 aromatic rings. The van der Waals surface area contributed by atoms with Crippen LogP contribution < -0.4 is 5.32 Å². The molecule has 2 unspecified atom stereocenters. The summed E-state index contributed by atoms with van der Waals surface area (Å²) in [7, 11) is 0. The molecular formula is C14H19NO2. The van der Waals surface area contributed by atoms with Crippen LogP contribution in [0.1, 0.15) is 37.3 Å². The molecule has 2 rings (SSSR count). The monoisotopic (exact) mass is 233 g/mol. The molecule has 92 valence electrons. The van der Waals surface area contributed by atoms with Gasteiger partial charge in [0.1, 0.15) is 0 Å². The summed E-state index contributed by atoms with van der Waals surface area (Å²) in [6.07, 6.45) is 1.45. The summed E-state index contributed by atoms with van der Waals surface area (Å²) in [6.45, 7) is 3.97. The van der Waals surface area contributed by atoms with Gasteiger partial charge in [-0.15, -0.1) is 0 Å². The number of rotatable bonds is 4. The summed E-state index contributed by atoms with van der Waals surface area (Å²) in [5, 5.41) is 12.7. The van der Waals surface area contributed by atoms with Gasteiger partial charge in [0.05, 0.1) is 11.5 Å². The molecule has 0 fully saturated rings. The zero-order valence-electron chi connectivity index (χ0n) is 10.4. The maximum Gasteiger partial charge on any atom is 0.227 e. The highest BCUT2D eigenvalue weighted by Crippen LogP contribution is 2.34. The van der Waals surface area contributed by atoms with Crippen molar-refractivity contribution in [1.29, 1.82) is 0 Å². The van der Waals surface area contributed by atoms with Gasteiger partial charge in [-0.3, -0.25) is 4.79 Å². The Morgan fingerprint density at radius 2 is 2.24 bits per heavy atom. The molecule has 1 aromatic carbocycles. The predicted molar refractivity (Wildman–Crippen MR) is 66.8 cm³/mol. The molecule has 0 heterocycles. The van der Waals surface area contributed by atoms with Gasteiger partial charge in [0.25, 0.3) is 0 Å². The number of nitrogens with one attached hydrogen (secondary N) is 1. The van der Waals surface area contributed by atoms with E-state index >= 15 is 0 Å². The Kier molecular flexibility index (Phi) is 3.20. The fourth-order valence-corrected chi connectivity index (χ4v) is 2.02. The highest BCUT2D eigenvalue weighted by Gasteiger charge is 2.32. The lowest BCUT2D eigenvalue weighted by atomic mass is 9.77. The number of aliphatic hydroxyl groups is 1. The quantitative estimate of drug-likeness (QED) is 0.830. The van der Waals surface area contributed by atoms with E-state index in [1.165, 1.54) is 5.56 Å². The average Bonchev–Trinajstić information content (AvgIpc) is 2.28. The first kappa shape index (κ1) is 12.1. The van der Waals surface area contributed by atoms with Crippen LogP contribution in [-0.2, 0) is 11.2 Å². The van der Waals surface area contributed by atoms with Crippen LogP contribution in [0.2, 0.25) is 0 Å². The van der Waals surface area contributed by atoms with Gasteiger partial charge < -0.3 is 10.4 Å². The van der Waals surface area contributed by atoms with E-state index in [-0.39, 0.29) is 11.8 Å². The van der Waals surface area contributed by atoms with Crippen molar-refractivity contribution in [2.24, 2.45) is 0 Å².